The Morgan fingerprint density at radius 1 is 1.27 bits per heavy atom. The molecule has 0 spiro atoms. The molecule has 1 N–H and O–H groups in total. The lowest BCUT2D eigenvalue weighted by Gasteiger charge is -2.31. The first-order chi connectivity index (χ1) is 12.6. The van der Waals surface area contributed by atoms with E-state index >= 15 is 0 Å². The molecule has 1 aliphatic heterocycles. The van der Waals surface area contributed by atoms with Gasteiger partial charge in [0.1, 0.15) is 12.4 Å². The SMILES string of the molecule is O=C(NCCOc1ccc(Cl)cc1)C1CCCN(C(=O)c2cccs2)C1. The molecule has 2 heterocycles. The Labute approximate surface area is 161 Å². The maximum atomic E-state index is 12.4. The number of halogens is 1. The Kier molecular flexibility index (Phi) is 6.52. The molecule has 138 valence electrons. The molecule has 1 unspecified atom stereocenters. The summed E-state index contributed by atoms with van der Waals surface area (Å²) in [6, 6.07) is 10.8. The molecule has 1 saturated heterocycles. The van der Waals surface area contributed by atoms with E-state index in [9.17, 15) is 9.59 Å². The van der Waals surface area contributed by atoms with Gasteiger partial charge in [-0.25, -0.2) is 0 Å². The fraction of sp³-hybridized carbons (Fsp3) is 0.368. The molecule has 0 aliphatic carbocycles. The van der Waals surface area contributed by atoms with Crippen LogP contribution in [0.1, 0.15) is 22.5 Å². The average Bonchev–Trinajstić information content (AvgIpc) is 3.21. The smallest absolute Gasteiger partial charge is 0.263 e. The fourth-order valence-electron chi connectivity index (χ4n) is 2.95. The first-order valence-corrected chi connectivity index (χ1v) is 9.88. The van der Waals surface area contributed by atoms with E-state index in [0.717, 1.165) is 17.7 Å². The lowest BCUT2D eigenvalue weighted by Crippen LogP contribution is -2.45. The Balaban J connectivity index is 1.42. The third-order valence-corrected chi connectivity index (χ3v) is 5.40. The van der Waals surface area contributed by atoms with Gasteiger partial charge in [-0.3, -0.25) is 9.59 Å². The van der Waals surface area contributed by atoms with E-state index in [1.807, 2.05) is 17.5 Å². The summed E-state index contributed by atoms with van der Waals surface area (Å²) in [7, 11) is 0. The number of amides is 2. The number of ether oxygens (including phenoxy) is 1. The molecule has 5 nitrogen and oxygen atoms in total. The number of nitrogens with zero attached hydrogens (tertiary/aromatic N) is 1. The van der Waals surface area contributed by atoms with E-state index < -0.39 is 0 Å². The van der Waals surface area contributed by atoms with Gasteiger partial charge < -0.3 is 15.0 Å². The van der Waals surface area contributed by atoms with Crippen LogP contribution in [0.15, 0.2) is 41.8 Å². The lowest BCUT2D eigenvalue weighted by molar-refractivity contribution is -0.126. The average molecular weight is 393 g/mol. The molecule has 2 amide bonds. The lowest BCUT2D eigenvalue weighted by atomic mass is 9.97. The number of likely N-dealkylation sites (tertiary alicyclic amines) is 1. The number of benzene rings is 1. The van der Waals surface area contributed by atoms with Crippen LogP contribution in [0.4, 0.5) is 0 Å². The largest absolute Gasteiger partial charge is 0.492 e. The highest BCUT2D eigenvalue weighted by Crippen LogP contribution is 2.20. The van der Waals surface area contributed by atoms with Gasteiger partial charge in [0.25, 0.3) is 5.91 Å². The summed E-state index contributed by atoms with van der Waals surface area (Å²) in [5.41, 5.74) is 0. The number of nitrogens with one attached hydrogen (secondary N) is 1. The number of carbonyl (C=O) groups excluding carboxylic acids is 2. The minimum atomic E-state index is -0.164. The molecule has 0 saturated carbocycles. The van der Waals surface area contributed by atoms with Crippen LogP contribution in [0.3, 0.4) is 0 Å². The third kappa shape index (κ3) is 4.99. The summed E-state index contributed by atoms with van der Waals surface area (Å²) in [6.07, 6.45) is 1.65. The van der Waals surface area contributed by atoms with E-state index in [4.69, 9.17) is 16.3 Å². The Hall–Kier alpha value is -2.05. The summed E-state index contributed by atoms with van der Waals surface area (Å²) in [6.45, 7) is 2.00. The van der Waals surface area contributed by atoms with Crippen molar-refractivity contribution in [3.8, 4) is 5.75 Å². The van der Waals surface area contributed by atoms with Crippen molar-refractivity contribution in [3.63, 3.8) is 0 Å². The van der Waals surface area contributed by atoms with Crippen molar-refractivity contribution in [2.75, 3.05) is 26.2 Å². The zero-order valence-corrected chi connectivity index (χ0v) is 15.9. The van der Waals surface area contributed by atoms with Gasteiger partial charge >= 0.3 is 0 Å². The van der Waals surface area contributed by atoms with Gasteiger partial charge in [0.2, 0.25) is 5.91 Å². The van der Waals surface area contributed by atoms with E-state index in [2.05, 4.69) is 5.32 Å². The summed E-state index contributed by atoms with van der Waals surface area (Å²) < 4.78 is 5.57. The molecule has 2 aromatic rings. The Morgan fingerprint density at radius 3 is 2.81 bits per heavy atom. The van der Waals surface area contributed by atoms with Crippen LogP contribution in [0, 0.1) is 5.92 Å². The van der Waals surface area contributed by atoms with Crippen LogP contribution in [0.25, 0.3) is 0 Å². The third-order valence-electron chi connectivity index (χ3n) is 4.30. The van der Waals surface area contributed by atoms with Gasteiger partial charge in [0.05, 0.1) is 17.3 Å². The number of thiophene rings is 1. The zero-order chi connectivity index (χ0) is 18.4. The highest BCUT2D eigenvalue weighted by Gasteiger charge is 2.29. The zero-order valence-electron chi connectivity index (χ0n) is 14.3. The van der Waals surface area contributed by atoms with Crippen molar-refractivity contribution < 1.29 is 14.3 Å². The van der Waals surface area contributed by atoms with Gasteiger partial charge in [-0.05, 0) is 48.6 Å². The standard InChI is InChI=1S/C19H21ClN2O3S/c20-15-5-7-16(8-6-15)25-11-9-21-18(23)14-3-1-10-22(13-14)19(24)17-4-2-12-26-17/h2,4-8,12,14H,1,3,9-11,13H2,(H,21,23). The quantitative estimate of drug-likeness (QED) is 0.766. The second-order valence-electron chi connectivity index (χ2n) is 6.16. The molecule has 0 radical (unpaired) electrons. The van der Waals surface area contributed by atoms with Crippen molar-refractivity contribution in [3.05, 3.63) is 51.7 Å². The summed E-state index contributed by atoms with van der Waals surface area (Å²) in [5.74, 6) is 0.550. The van der Waals surface area contributed by atoms with Gasteiger partial charge in [-0.2, -0.15) is 0 Å². The van der Waals surface area contributed by atoms with Crippen LogP contribution in [-0.2, 0) is 4.79 Å². The molecule has 1 fully saturated rings. The van der Waals surface area contributed by atoms with Crippen LogP contribution in [0.2, 0.25) is 5.02 Å². The number of carbonyl (C=O) groups is 2. The number of piperidine rings is 1. The maximum absolute atomic E-state index is 12.4. The first kappa shape index (κ1) is 18.7. The number of rotatable bonds is 6. The van der Waals surface area contributed by atoms with Crippen molar-refractivity contribution in [2.45, 2.75) is 12.8 Å². The molecular weight excluding hydrogens is 372 g/mol. The molecule has 0 bridgehead atoms. The summed E-state index contributed by atoms with van der Waals surface area (Å²) in [4.78, 5) is 27.3. The predicted molar refractivity (Wildman–Crippen MR) is 103 cm³/mol. The van der Waals surface area contributed by atoms with Gasteiger partial charge in [0, 0.05) is 18.1 Å². The van der Waals surface area contributed by atoms with E-state index in [0.29, 0.717) is 37.0 Å². The van der Waals surface area contributed by atoms with Crippen LogP contribution >= 0.6 is 22.9 Å². The summed E-state index contributed by atoms with van der Waals surface area (Å²) >= 11 is 7.26. The second kappa shape index (κ2) is 9.05. The van der Waals surface area contributed by atoms with Gasteiger partial charge in [0.15, 0.2) is 0 Å². The molecule has 1 aliphatic rings. The Bertz CT molecular complexity index is 734. The van der Waals surface area contributed by atoms with Gasteiger partial charge in [-0.15, -0.1) is 11.3 Å². The highest BCUT2D eigenvalue weighted by atomic mass is 35.5. The minimum Gasteiger partial charge on any atom is -0.492 e. The molecule has 3 rings (SSSR count). The van der Waals surface area contributed by atoms with Crippen molar-refractivity contribution in [1.82, 2.24) is 10.2 Å². The van der Waals surface area contributed by atoms with Crippen molar-refractivity contribution in [2.24, 2.45) is 5.92 Å². The van der Waals surface area contributed by atoms with Crippen LogP contribution in [0.5, 0.6) is 5.75 Å². The van der Waals surface area contributed by atoms with Crippen molar-refractivity contribution in [1.29, 1.82) is 0 Å². The van der Waals surface area contributed by atoms with Crippen LogP contribution < -0.4 is 10.1 Å². The number of hydrogen-bond acceptors (Lipinski definition) is 4. The predicted octanol–water partition coefficient (Wildman–Crippen LogP) is 3.45. The molecular formula is C19H21ClN2O3S. The van der Waals surface area contributed by atoms with Crippen molar-refractivity contribution >= 4 is 34.8 Å². The van der Waals surface area contributed by atoms with E-state index in [1.165, 1.54) is 11.3 Å². The monoisotopic (exact) mass is 392 g/mol. The molecule has 1 aromatic heterocycles. The Morgan fingerprint density at radius 2 is 2.08 bits per heavy atom. The van der Waals surface area contributed by atoms with E-state index in [1.54, 1.807) is 29.2 Å². The topological polar surface area (TPSA) is 58.6 Å². The summed E-state index contributed by atoms with van der Waals surface area (Å²) in [5, 5.41) is 5.45. The molecule has 1 aromatic carbocycles. The second-order valence-corrected chi connectivity index (χ2v) is 7.55. The van der Waals surface area contributed by atoms with E-state index in [-0.39, 0.29) is 17.7 Å². The molecule has 7 heteroatoms. The number of hydrogen-bond donors (Lipinski definition) is 1. The first-order valence-electron chi connectivity index (χ1n) is 8.62. The normalized spacial score (nSPS) is 17.0. The molecule has 1 atom stereocenters. The fourth-order valence-corrected chi connectivity index (χ4v) is 3.77. The minimum absolute atomic E-state index is 0.0172. The molecule has 26 heavy (non-hydrogen) atoms. The maximum Gasteiger partial charge on any atom is 0.263 e. The van der Waals surface area contributed by atoms with Gasteiger partial charge in [-0.1, -0.05) is 17.7 Å². The van der Waals surface area contributed by atoms with Crippen LogP contribution in [-0.4, -0.2) is 43.0 Å². The highest BCUT2D eigenvalue weighted by molar-refractivity contribution is 7.12.